The van der Waals surface area contributed by atoms with Crippen molar-refractivity contribution < 1.29 is 0 Å². The van der Waals surface area contributed by atoms with Crippen molar-refractivity contribution in [1.29, 1.82) is 0 Å². The van der Waals surface area contributed by atoms with Crippen LogP contribution in [0.5, 0.6) is 0 Å². The van der Waals surface area contributed by atoms with Crippen molar-refractivity contribution in [2.45, 2.75) is 32.2 Å². The van der Waals surface area contributed by atoms with Crippen LogP contribution < -0.4 is 0 Å². The second-order valence-electron chi connectivity index (χ2n) is 5.45. The summed E-state index contributed by atoms with van der Waals surface area (Å²) >= 11 is 6.10. The Labute approximate surface area is 129 Å². The Hall–Kier alpha value is -1.81. The fraction of sp³-hybridized carbons (Fsp3) is 0.375. The van der Waals surface area contributed by atoms with Crippen LogP contribution in [0.2, 0.25) is 0 Å². The van der Waals surface area contributed by atoms with E-state index in [-0.39, 0.29) is 6.04 Å². The molecule has 0 aliphatic heterocycles. The van der Waals surface area contributed by atoms with Crippen LogP contribution in [0, 0.1) is 6.92 Å². The first-order chi connectivity index (χ1) is 10.1. The number of rotatable bonds is 4. The smallest absolute Gasteiger partial charge is 0.158 e. The molecular formula is C16H19ClN4. The number of aryl methyl sites for hydroxylation is 2. The van der Waals surface area contributed by atoms with Gasteiger partial charge in [-0.1, -0.05) is 30.3 Å². The third-order valence-electron chi connectivity index (χ3n) is 3.84. The van der Waals surface area contributed by atoms with Gasteiger partial charge in [-0.15, -0.1) is 11.6 Å². The van der Waals surface area contributed by atoms with E-state index >= 15 is 0 Å². The maximum absolute atomic E-state index is 6.10. The molecule has 5 heteroatoms. The van der Waals surface area contributed by atoms with Crippen LogP contribution in [0.25, 0.3) is 11.2 Å². The molecule has 110 valence electrons. The standard InChI is InChI=1S/C16H19ClN4/c1-11(9-13-7-5-4-6-8-13)21-14(10-17)18-15-12(2)19-20(3)16(15)21/h4-8,11H,9-10H2,1-3H3. The number of alkyl halides is 1. The number of hydrogen-bond donors (Lipinski definition) is 0. The molecule has 1 aromatic carbocycles. The Bertz CT molecular complexity index is 758. The molecule has 0 saturated carbocycles. The van der Waals surface area contributed by atoms with Gasteiger partial charge in [-0.2, -0.15) is 5.10 Å². The molecule has 2 heterocycles. The van der Waals surface area contributed by atoms with E-state index in [1.54, 1.807) is 0 Å². The molecule has 2 aromatic heterocycles. The van der Waals surface area contributed by atoms with Crippen LogP contribution in [-0.4, -0.2) is 19.3 Å². The van der Waals surface area contributed by atoms with E-state index in [4.69, 9.17) is 11.6 Å². The molecule has 0 aliphatic carbocycles. The SMILES string of the molecule is Cc1nn(C)c2c1nc(CCl)n2C(C)Cc1ccccc1. The summed E-state index contributed by atoms with van der Waals surface area (Å²) in [5.74, 6) is 1.32. The molecule has 21 heavy (non-hydrogen) atoms. The first-order valence-corrected chi connectivity index (χ1v) is 7.65. The van der Waals surface area contributed by atoms with E-state index in [0.29, 0.717) is 5.88 Å². The maximum atomic E-state index is 6.10. The fourth-order valence-corrected chi connectivity index (χ4v) is 3.13. The zero-order valence-corrected chi connectivity index (χ0v) is 13.3. The topological polar surface area (TPSA) is 35.6 Å². The van der Waals surface area contributed by atoms with Crippen molar-refractivity contribution in [3.05, 3.63) is 47.4 Å². The fourth-order valence-electron chi connectivity index (χ4n) is 2.94. The summed E-state index contributed by atoms with van der Waals surface area (Å²) in [5.41, 5.74) is 4.26. The number of fused-ring (bicyclic) bond motifs is 1. The molecule has 0 amide bonds. The minimum absolute atomic E-state index is 0.279. The van der Waals surface area contributed by atoms with Crippen LogP contribution in [-0.2, 0) is 19.3 Å². The zero-order chi connectivity index (χ0) is 15.0. The average molecular weight is 303 g/mol. The number of aromatic nitrogens is 4. The number of hydrogen-bond acceptors (Lipinski definition) is 2. The van der Waals surface area contributed by atoms with Gasteiger partial charge in [0.25, 0.3) is 0 Å². The van der Waals surface area contributed by atoms with Gasteiger partial charge in [0.2, 0.25) is 0 Å². The molecule has 4 nitrogen and oxygen atoms in total. The van der Waals surface area contributed by atoms with Crippen LogP contribution in [0.3, 0.4) is 0 Å². The highest BCUT2D eigenvalue weighted by atomic mass is 35.5. The first-order valence-electron chi connectivity index (χ1n) is 7.12. The summed E-state index contributed by atoms with van der Waals surface area (Å²) < 4.78 is 4.12. The van der Waals surface area contributed by atoms with Crippen LogP contribution in [0.15, 0.2) is 30.3 Å². The Kier molecular flexibility index (Phi) is 3.72. The van der Waals surface area contributed by atoms with Gasteiger partial charge < -0.3 is 4.57 Å². The van der Waals surface area contributed by atoms with E-state index < -0.39 is 0 Å². The summed E-state index contributed by atoms with van der Waals surface area (Å²) in [6, 6.07) is 10.8. The number of nitrogens with zero attached hydrogens (tertiary/aromatic N) is 4. The summed E-state index contributed by atoms with van der Waals surface area (Å²) in [6.07, 6.45) is 0.945. The Morgan fingerprint density at radius 1 is 1.24 bits per heavy atom. The minimum atomic E-state index is 0.279. The molecule has 3 rings (SSSR count). The van der Waals surface area contributed by atoms with Crippen molar-refractivity contribution in [3.63, 3.8) is 0 Å². The van der Waals surface area contributed by atoms with Gasteiger partial charge in [-0.25, -0.2) is 4.98 Å². The van der Waals surface area contributed by atoms with Crippen molar-refractivity contribution in [2.24, 2.45) is 7.05 Å². The van der Waals surface area contributed by atoms with E-state index in [0.717, 1.165) is 29.1 Å². The lowest BCUT2D eigenvalue weighted by Crippen LogP contribution is -2.13. The van der Waals surface area contributed by atoms with Crippen LogP contribution >= 0.6 is 11.6 Å². The van der Waals surface area contributed by atoms with Crippen LogP contribution in [0.4, 0.5) is 0 Å². The lowest BCUT2D eigenvalue weighted by molar-refractivity contribution is 0.529. The number of imidazole rings is 1. The van der Waals surface area contributed by atoms with Gasteiger partial charge >= 0.3 is 0 Å². The normalized spacial score (nSPS) is 13.0. The lowest BCUT2D eigenvalue weighted by atomic mass is 10.1. The molecule has 0 bridgehead atoms. The molecule has 0 aliphatic rings. The van der Waals surface area contributed by atoms with Gasteiger partial charge in [0.05, 0.1) is 11.6 Å². The third-order valence-corrected chi connectivity index (χ3v) is 4.08. The molecule has 0 spiro atoms. The van der Waals surface area contributed by atoms with E-state index in [2.05, 4.69) is 45.8 Å². The van der Waals surface area contributed by atoms with E-state index in [1.807, 2.05) is 24.7 Å². The number of benzene rings is 1. The minimum Gasteiger partial charge on any atom is -0.309 e. The van der Waals surface area contributed by atoms with Gasteiger partial charge in [-0.05, 0) is 25.8 Å². The monoisotopic (exact) mass is 302 g/mol. The summed E-state index contributed by atoms with van der Waals surface area (Å²) in [5, 5.41) is 4.47. The van der Waals surface area contributed by atoms with E-state index in [1.165, 1.54) is 5.56 Å². The molecule has 0 fully saturated rings. The Morgan fingerprint density at radius 3 is 2.62 bits per heavy atom. The second kappa shape index (κ2) is 5.53. The van der Waals surface area contributed by atoms with Crippen molar-refractivity contribution in [1.82, 2.24) is 19.3 Å². The third kappa shape index (κ3) is 2.44. The van der Waals surface area contributed by atoms with Gasteiger partial charge in [0, 0.05) is 13.1 Å². The molecule has 1 unspecified atom stereocenters. The predicted molar refractivity (Wildman–Crippen MR) is 85.7 cm³/mol. The molecule has 3 aromatic rings. The molecule has 1 atom stereocenters. The van der Waals surface area contributed by atoms with Crippen molar-refractivity contribution in [3.8, 4) is 0 Å². The molecule has 0 radical (unpaired) electrons. The van der Waals surface area contributed by atoms with Crippen LogP contribution in [0.1, 0.15) is 30.0 Å². The molecule has 0 N–H and O–H groups in total. The quantitative estimate of drug-likeness (QED) is 0.690. The van der Waals surface area contributed by atoms with Gasteiger partial charge in [0.15, 0.2) is 5.65 Å². The average Bonchev–Trinajstić information content (AvgIpc) is 2.99. The molecular weight excluding hydrogens is 284 g/mol. The van der Waals surface area contributed by atoms with Crippen molar-refractivity contribution in [2.75, 3.05) is 0 Å². The summed E-state index contributed by atoms with van der Waals surface area (Å²) in [4.78, 5) is 4.66. The highest BCUT2D eigenvalue weighted by Gasteiger charge is 2.20. The first kappa shape index (κ1) is 14.1. The highest BCUT2D eigenvalue weighted by Crippen LogP contribution is 2.26. The predicted octanol–water partition coefficient (Wildman–Crippen LogP) is 3.62. The summed E-state index contributed by atoms with van der Waals surface area (Å²) in [6.45, 7) is 4.19. The van der Waals surface area contributed by atoms with Crippen molar-refractivity contribution >= 4 is 22.8 Å². The number of halogens is 1. The van der Waals surface area contributed by atoms with Gasteiger partial charge in [-0.3, -0.25) is 4.68 Å². The molecule has 0 saturated heterocycles. The van der Waals surface area contributed by atoms with Gasteiger partial charge in [0.1, 0.15) is 11.3 Å². The lowest BCUT2D eigenvalue weighted by Gasteiger charge is -2.17. The highest BCUT2D eigenvalue weighted by molar-refractivity contribution is 6.16. The second-order valence-corrected chi connectivity index (χ2v) is 5.72. The Balaban J connectivity index is 2.06. The Morgan fingerprint density at radius 2 is 1.95 bits per heavy atom. The van der Waals surface area contributed by atoms with E-state index in [9.17, 15) is 0 Å². The largest absolute Gasteiger partial charge is 0.309 e. The maximum Gasteiger partial charge on any atom is 0.158 e. The summed E-state index contributed by atoms with van der Waals surface area (Å²) in [7, 11) is 1.96. The zero-order valence-electron chi connectivity index (χ0n) is 12.5.